The van der Waals surface area contributed by atoms with E-state index < -0.39 is 0 Å². The van der Waals surface area contributed by atoms with Crippen LogP contribution in [0.1, 0.15) is 25.0 Å². The van der Waals surface area contributed by atoms with E-state index in [4.69, 9.17) is 4.42 Å². The summed E-state index contributed by atoms with van der Waals surface area (Å²) in [6.45, 7) is 0.753. The molecule has 0 aliphatic heterocycles. The Bertz CT molecular complexity index is 581. The summed E-state index contributed by atoms with van der Waals surface area (Å²) in [6, 6.07) is 10.9. The van der Waals surface area contributed by atoms with Crippen LogP contribution in [0.3, 0.4) is 0 Å². The fourth-order valence-electron chi connectivity index (χ4n) is 2.92. The first-order valence-corrected chi connectivity index (χ1v) is 8.66. The number of nitrogens with one attached hydrogen (secondary N) is 1. The standard InChI is InChI=1S/C17H20FNOS/c1-21-17-4-2-3-15(17)19-11-14-9-10-16(20-14)12-5-7-13(18)8-6-12/h5-10,15,17,19H,2-4,11H2,1H3. The Labute approximate surface area is 129 Å². The van der Waals surface area contributed by atoms with Gasteiger partial charge in [-0.25, -0.2) is 4.39 Å². The van der Waals surface area contributed by atoms with Gasteiger partial charge in [-0.1, -0.05) is 6.42 Å². The third kappa shape index (κ3) is 3.50. The minimum atomic E-state index is -0.225. The highest BCUT2D eigenvalue weighted by Gasteiger charge is 2.25. The molecule has 1 aromatic carbocycles. The van der Waals surface area contributed by atoms with Crippen molar-refractivity contribution < 1.29 is 8.81 Å². The van der Waals surface area contributed by atoms with Crippen molar-refractivity contribution in [1.29, 1.82) is 0 Å². The summed E-state index contributed by atoms with van der Waals surface area (Å²) in [5.74, 6) is 1.50. The Morgan fingerprint density at radius 2 is 2.00 bits per heavy atom. The Hall–Kier alpha value is -1.26. The first kappa shape index (κ1) is 14.7. The molecule has 0 spiro atoms. The highest BCUT2D eigenvalue weighted by Crippen LogP contribution is 2.29. The van der Waals surface area contributed by atoms with Crippen LogP contribution >= 0.6 is 11.8 Å². The van der Waals surface area contributed by atoms with E-state index in [0.717, 1.165) is 28.9 Å². The van der Waals surface area contributed by atoms with Gasteiger partial charge in [-0.2, -0.15) is 11.8 Å². The molecule has 0 amide bonds. The number of hydrogen-bond donors (Lipinski definition) is 1. The highest BCUT2D eigenvalue weighted by atomic mass is 32.2. The van der Waals surface area contributed by atoms with Crippen molar-refractivity contribution in [1.82, 2.24) is 5.32 Å². The van der Waals surface area contributed by atoms with Crippen LogP contribution in [0, 0.1) is 5.82 Å². The highest BCUT2D eigenvalue weighted by molar-refractivity contribution is 7.99. The van der Waals surface area contributed by atoms with Crippen LogP contribution < -0.4 is 5.32 Å². The molecule has 1 saturated carbocycles. The lowest BCUT2D eigenvalue weighted by atomic mass is 10.2. The van der Waals surface area contributed by atoms with E-state index in [0.29, 0.717) is 6.04 Å². The summed E-state index contributed by atoms with van der Waals surface area (Å²) in [7, 11) is 0. The molecule has 2 nitrogen and oxygen atoms in total. The third-order valence-electron chi connectivity index (χ3n) is 4.08. The van der Waals surface area contributed by atoms with Crippen molar-refractivity contribution in [2.24, 2.45) is 0 Å². The zero-order chi connectivity index (χ0) is 14.7. The predicted molar refractivity (Wildman–Crippen MR) is 85.9 cm³/mol. The number of benzene rings is 1. The van der Waals surface area contributed by atoms with E-state index in [2.05, 4.69) is 11.6 Å². The van der Waals surface area contributed by atoms with Crippen molar-refractivity contribution in [3.63, 3.8) is 0 Å². The summed E-state index contributed by atoms with van der Waals surface area (Å²) in [4.78, 5) is 0. The normalized spacial score (nSPS) is 21.8. The van der Waals surface area contributed by atoms with E-state index in [1.54, 1.807) is 12.1 Å². The second-order valence-electron chi connectivity index (χ2n) is 5.47. The maximum Gasteiger partial charge on any atom is 0.134 e. The monoisotopic (exact) mass is 305 g/mol. The van der Waals surface area contributed by atoms with Gasteiger partial charge in [0, 0.05) is 16.9 Å². The number of rotatable bonds is 5. The number of halogens is 1. The van der Waals surface area contributed by atoms with Gasteiger partial charge in [0.1, 0.15) is 17.3 Å². The Kier molecular flexibility index (Phi) is 4.66. The van der Waals surface area contributed by atoms with Crippen LogP contribution in [0.2, 0.25) is 0 Å². The van der Waals surface area contributed by atoms with Gasteiger partial charge in [0.25, 0.3) is 0 Å². The van der Waals surface area contributed by atoms with Crippen LogP contribution in [-0.4, -0.2) is 17.5 Å². The number of thioether (sulfide) groups is 1. The molecule has 4 heteroatoms. The van der Waals surface area contributed by atoms with Gasteiger partial charge in [0.05, 0.1) is 6.54 Å². The van der Waals surface area contributed by atoms with Gasteiger partial charge in [-0.05, 0) is 55.5 Å². The average molecular weight is 305 g/mol. The van der Waals surface area contributed by atoms with E-state index >= 15 is 0 Å². The maximum absolute atomic E-state index is 12.9. The van der Waals surface area contributed by atoms with Crippen LogP contribution in [0.25, 0.3) is 11.3 Å². The molecule has 1 aliphatic rings. The number of hydrogen-bond acceptors (Lipinski definition) is 3. The molecule has 1 aliphatic carbocycles. The minimum Gasteiger partial charge on any atom is -0.460 e. The lowest BCUT2D eigenvalue weighted by molar-refractivity contribution is 0.455. The third-order valence-corrected chi connectivity index (χ3v) is 5.25. The molecular weight excluding hydrogens is 285 g/mol. The zero-order valence-electron chi connectivity index (χ0n) is 12.1. The molecule has 1 fully saturated rings. The largest absolute Gasteiger partial charge is 0.460 e. The summed E-state index contributed by atoms with van der Waals surface area (Å²) in [5, 5.41) is 4.32. The van der Waals surface area contributed by atoms with Crippen molar-refractivity contribution in [3.8, 4) is 11.3 Å². The SMILES string of the molecule is CSC1CCCC1NCc1ccc(-c2ccc(F)cc2)o1. The summed E-state index contributed by atoms with van der Waals surface area (Å²) in [5.41, 5.74) is 0.908. The average Bonchev–Trinajstić information content (AvgIpc) is 3.14. The van der Waals surface area contributed by atoms with Crippen molar-refractivity contribution in [2.75, 3.05) is 6.26 Å². The van der Waals surface area contributed by atoms with Crippen molar-refractivity contribution in [2.45, 2.75) is 37.1 Å². The fraction of sp³-hybridized carbons (Fsp3) is 0.412. The zero-order valence-corrected chi connectivity index (χ0v) is 13.0. The maximum atomic E-state index is 12.9. The Morgan fingerprint density at radius 1 is 1.19 bits per heavy atom. The van der Waals surface area contributed by atoms with E-state index in [1.165, 1.54) is 31.4 Å². The topological polar surface area (TPSA) is 25.2 Å². The first-order chi connectivity index (χ1) is 10.3. The van der Waals surface area contributed by atoms with Gasteiger partial charge in [0.2, 0.25) is 0 Å². The molecule has 21 heavy (non-hydrogen) atoms. The van der Waals surface area contributed by atoms with Gasteiger partial charge in [-0.3, -0.25) is 0 Å². The van der Waals surface area contributed by atoms with E-state index in [-0.39, 0.29) is 5.82 Å². The first-order valence-electron chi connectivity index (χ1n) is 7.37. The Morgan fingerprint density at radius 3 is 2.76 bits per heavy atom. The molecule has 3 rings (SSSR count). The van der Waals surface area contributed by atoms with Crippen LogP contribution in [0.4, 0.5) is 4.39 Å². The molecule has 0 bridgehead atoms. The van der Waals surface area contributed by atoms with Crippen LogP contribution in [0.15, 0.2) is 40.8 Å². The quantitative estimate of drug-likeness (QED) is 0.883. The molecule has 2 atom stereocenters. The summed E-state index contributed by atoms with van der Waals surface area (Å²) >= 11 is 1.95. The smallest absolute Gasteiger partial charge is 0.134 e. The predicted octanol–water partition coefficient (Wildman–Crippen LogP) is 4.46. The second kappa shape index (κ2) is 6.67. The van der Waals surface area contributed by atoms with E-state index in [9.17, 15) is 4.39 Å². The van der Waals surface area contributed by atoms with Crippen molar-refractivity contribution in [3.05, 3.63) is 48.0 Å². The lowest BCUT2D eigenvalue weighted by Gasteiger charge is -2.18. The van der Waals surface area contributed by atoms with Gasteiger partial charge in [-0.15, -0.1) is 0 Å². The molecule has 1 aromatic heterocycles. The van der Waals surface area contributed by atoms with Crippen molar-refractivity contribution >= 4 is 11.8 Å². The van der Waals surface area contributed by atoms with Crippen LogP contribution in [-0.2, 0) is 6.54 Å². The van der Waals surface area contributed by atoms with Gasteiger partial charge in [0.15, 0.2) is 0 Å². The molecule has 2 unspecified atom stereocenters. The molecule has 1 N–H and O–H groups in total. The summed E-state index contributed by atoms with van der Waals surface area (Å²) in [6.07, 6.45) is 6.04. The molecule has 1 heterocycles. The second-order valence-corrected chi connectivity index (χ2v) is 6.54. The minimum absolute atomic E-state index is 0.225. The molecule has 2 aromatic rings. The van der Waals surface area contributed by atoms with Gasteiger partial charge < -0.3 is 9.73 Å². The van der Waals surface area contributed by atoms with Crippen LogP contribution in [0.5, 0.6) is 0 Å². The molecule has 0 radical (unpaired) electrons. The summed E-state index contributed by atoms with van der Waals surface area (Å²) < 4.78 is 18.8. The lowest BCUT2D eigenvalue weighted by Crippen LogP contribution is -2.33. The molecular formula is C17H20FNOS. The Balaban J connectivity index is 1.61. The fourth-order valence-corrected chi connectivity index (χ4v) is 3.88. The molecule has 0 saturated heterocycles. The molecule has 112 valence electrons. The number of furan rings is 1. The van der Waals surface area contributed by atoms with Gasteiger partial charge >= 0.3 is 0 Å². The van der Waals surface area contributed by atoms with E-state index in [1.807, 2.05) is 23.9 Å².